The van der Waals surface area contributed by atoms with Crippen molar-refractivity contribution in [2.45, 2.75) is 26.2 Å². The van der Waals surface area contributed by atoms with E-state index < -0.39 is 0 Å². The maximum absolute atomic E-state index is 6.53. The Kier molecular flexibility index (Phi) is 6.91. The van der Waals surface area contributed by atoms with Crippen molar-refractivity contribution in [1.82, 2.24) is 4.98 Å². The van der Waals surface area contributed by atoms with E-state index in [0.29, 0.717) is 58.1 Å². The molecule has 7 aromatic rings. The Morgan fingerprint density at radius 2 is 0.978 bits per heavy atom. The number of hydrogen-bond donors (Lipinski definition) is 0. The molecule has 0 aliphatic carbocycles. The predicted octanol–water partition coefficient (Wildman–Crippen LogP) is 8.43. The van der Waals surface area contributed by atoms with Crippen molar-refractivity contribution in [2.24, 2.45) is 0 Å². The Bertz CT molecular complexity index is 2270. The van der Waals surface area contributed by atoms with Crippen LogP contribution in [0, 0.1) is 0 Å². The molecule has 7 rings (SSSR count). The highest BCUT2D eigenvalue weighted by Gasteiger charge is 2.30. The molecule has 6 aromatic carbocycles. The highest BCUT2D eigenvalue weighted by Crippen LogP contribution is 2.56. The average Bonchev–Trinajstić information content (AvgIpc) is 3.51. The molecule has 45 heavy (non-hydrogen) atoms. The van der Waals surface area contributed by atoms with Gasteiger partial charge in [-0.3, -0.25) is 0 Å². The van der Waals surface area contributed by atoms with Crippen molar-refractivity contribution in [3.63, 3.8) is 0 Å². The van der Waals surface area contributed by atoms with E-state index in [-0.39, 0.29) is 0 Å². The number of fused-ring (bicyclic) bond motifs is 8. The molecule has 0 amide bonds. The lowest BCUT2D eigenvalue weighted by molar-refractivity contribution is 0.355. The van der Waals surface area contributed by atoms with Crippen molar-refractivity contribution in [1.29, 1.82) is 0 Å². The highest BCUT2D eigenvalue weighted by molar-refractivity contribution is 6.45. The normalized spacial score (nSPS) is 11.8. The van der Waals surface area contributed by atoms with Gasteiger partial charge in [0.05, 0.1) is 49.8 Å². The van der Waals surface area contributed by atoms with Crippen LogP contribution in [0.3, 0.4) is 0 Å². The molecule has 0 atom stereocenters. The van der Waals surface area contributed by atoms with Crippen molar-refractivity contribution in [3.05, 3.63) is 36.2 Å². The van der Waals surface area contributed by atoms with Gasteiger partial charge in [-0.25, -0.2) is 4.98 Å². The second-order valence-corrected chi connectivity index (χ2v) is 11.0. The molecule has 1 aromatic heterocycles. The minimum atomic E-state index is 0.585. The maximum atomic E-state index is 6.53. The van der Waals surface area contributed by atoms with Gasteiger partial charge in [-0.05, 0) is 63.7 Å². The lowest BCUT2D eigenvalue weighted by Gasteiger charge is -2.23. The van der Waals surface area contributed by atoms with E-state index in [9.17, 15) is 0 Å². The third-order valence-electron chi connectivity index (χ3n) is 8.86. The molecule has 9 nitrogen and oxygen atoms in total. The van der Waals surface area contributed by atoms with E-state index in [1.807, 2.05) is 30.3 Å². The highest BCUT2D eigenvalue weighted by atomic mass is 16.5. The molecular formula is C36H35NO8. The first kappa shape index (κ1) is 28.7. The monoisotopic (exact) mass is 609 g/mol. The number of hydrogen-bond acceptors (Lipinski definition) is 9. The lowest BCUT2D eigenvalue weighted by Crippen LogP contribution is -1.99. The predicted molar refractivity (Wildman–Crippen MR) is 177 cm³/mol. The van der Waals surface area contributed by atoms with Gasteiger partial charge in [0.25, 0.3) is 0 Å². The maximum Gasteiger partial charge on any atom is 0.197 e. The summed E-state index contributed by atoms with van der Waals surface area (Å²) in [6.07, 6.45) is 2.69. The second-order valence-electron chi connectivity index (χ2n) is 11.0. The van der Waals surface area contributed by atoms with Crippen molar-refractivity contribution in [2.75, 3.05) is 49.8 Å². The third-order valence-corrected chi connectivity index (χ3v) is 8.86. The number of methoxy groups -OCH3 is 7. The summed E-state index contributed by atoms with van der Waals surface area (Å²) in [6, 6.07) is 10.0. The Hall–Kier alpha value is -5.05. The zero-order valence-electron chi connectivity index (χ0n) is 26.7. The van der Waals surface area contributed by atoms with Gasteiger partial charge in [0.15, 0.2) is 51.7 Å². The number of unbranched alkanes of at least 4 members (excludes halogenated alkanes) is 1. The van der Waals surface area contributed by atoms with E-state index in [4.69, 9.17) is 42.6 Å². The van der Waals surface area contributed by atoms with Gasteiger partial charge in [-0.2, -0.15) is 0 Å². The van der Waals surface area contributed by atoms with Gasteiger partial charge in [0.1, 0.15) is 5.52 Å². The molecule has 0 bridgehead atoms. The van der Waals surface area contributed by atoms with Crippen molar-refractivity contribution < 1.29 is 37.6 Å². The lowest BCUT2D eigenvalue weighted by atomic mass is 9.84. The topological polar surface area (TPSA) is 90.6 Å². The van der Waals surface area contributed by atoms with Gasteiger partial charge in [0.2, 0.25) is 0 Å². The number of aryl methyl sites for hydroxylation is 1. The molecule has 0 saturated heterocycles. The molecule has 0 radical (unpaired) electrons. The summed E-state index contributed by atoms with van der Waals surface area (Å²) in [5.74, 6) is 4.85. The van der Waals surface area contributed by atoms with E-state index in [0.717, 1.165) is 72.2 Å². The van der Waals surface area contributed by atoms with Crippen LogP contribution >= 0.6 is 0 Å². The average molecular weight is 610 g/mol. The van der Waals surface area contributed by atoms with Crippen LogP contribution in [-0.4, -0.2) is 54.8 Å². The SMILES string of the molecule is CCCCc1nc2c(o1)c(OC)c1c3cc(OC)c(OC)cc3c3c(OC)c(OC)cc4c5cc(OC)c(OC)cc5c2c1c43. The first-order chi connectivity index (χ1) is 22.0. The van der Waals surface area contributed by atoms with Gasteiger partial charge < -0.3 is 37.6 Å². The summed E-state index contributed by atoms with van der Waals surface area (Å²) in [5, 5.41) is 9.17. The second kappa shape index (κ2) is 10.8. The zero-order chi connectivity index (χ0) is 31.6. The van der Waals surface area contributed by atoms with E-state index in [1.165, 1.54) is 0 Å². The molecule has 9 heteroatoms. The number of nitrogens with zero attached hydrogens (tertiary/aromatic N) is 1. The third kappa shape index (κ3) is 3.89. The van der Waals surface area contributed by atoms with Gasteiger partial charge in [-0.15, -0.1) is 0 Å². The fourth-order valence-electron chi connectivity index (χ4n) is 6.88. The number of rotatable bonds is 10. The van der Waals surface area contributed by atoms with Crippen LogP contribution in [-0.2, 0) is 6.42 Å². The Morgan fingerprint density at radius 3 is 1.49 bits per heavy atom. The van der Waals surface area contributed by atoms with Crippen LogP contribution in [0.1, 0.15) is 25.7 Å². The molecule has 0 unspecified atom stereocenters. The molecule has 0 spiro atoms. The molecule has 0 saturated carbocycles. The van der Waals surface area contributed by atoms with Gasteiger partial charge in [0, 0.05) is 33.4 Å². The summed E-state index contributed by atoms with van der Waals surface area (Å²) in [4.78, 5) is 5.11. The number of benzene rings is 6. The van der Waals surface area contributed by atoms with Crippen molar-refractivity contribution in [3.8, 4) is 40.2 Å². The molecule has 0 N–H and O–H groups in total. The van der Waals surface area contributed by atoms with Crippen LogP contribution in [0.4, 0.5) is 0 Å². The summed E-state index contributed by atoms with van der Waals surface area (Å²) in [7, 11) is 11.5. The van der Waals surface area contributed by atoms with Gasteiger partial charge >= 0.3 is 0 Å². The minimum absolute atomic E-state index is 0.585. The van der Waals surface area contributed by atoms with Crippen molar-refractivity contribution >= 4 is 65.0 Å². The van der Waals surface area contributed by atoms with Crippen LogP contribution in [0.2, 0.25) is 0 Å². The Balaban J connectivity index is 1.91. The van der Waals surface area contributed by atoms with Crippen LogP contribution < -0.4 is 33.2 Å². The Labute approximate surface area is 259 Å². The zero-order valence-corrected chi connectivity index (χ0v) is 26.7. The molecule has 0 aliphatic heterocycles. The first-order valence-electron chi connectivity index (χ1n) is 14.8. The standard InChI is InChI=1S/C36H35NO8/c1-9-10-11-27-37-33-29-19-13-23(39-3)22(38-2)12-17(19)18-16-26(42-6)34(43-7)30-20-14-24(40-4)25(41-5)15-21(20)31(32(29)28(18)30)35(44-8)36(33)45-27/h12-16H,9-11H2,1-8H3. The van der Waals surface area contributed by atoms with E-state index in [2.05, 4.69) is 6.92 Å². The molecular weight excluding hydrogens is 574 g/mol. The largest absolute Gasteiger partial charge is 0.493 e. The van der Waals surface area contributed by atoms with E-state index >= 15 is 0 Å². The Morgan fingerprint density at radius 1 is 0.511 bits per heavy atom. The molecule has 1 heterocycles. The number of oxazole rings is 1. The number of ether oxygens (including phenoxy) is 7. The van der Waals surface area contributed by atoms with Crippen LogP contribution in [0.5, 0.6) is 40.2 Å². The number of aromatic nitrogens is 1. The summed E-state index contributed by atoms with van der Waals surface area (Å²) >= 11 is 0. The quantitative estimate of drug-likeness (QED) is 0.112. The molecule has 0 aliphatic rings. The van der Waals surface area contributed by atoms with Crippen LogP contribution in [0.25, 0.3) is 65.0 Å². The summed E-state index contributed by atoms with van der Waals surface area (Å²) in [6.45, 7) is 2.15. The van der Waals surface area contributed by atoms with E-state index in [1.54, 1.807) is 49.8 Å². The van der Waals surface area contributed by atoms with Crippen LogP contribution in [0.15, 0.2) is 34.7 Å². The summed E-state index contributed by atoms with van der Waals surface area (Å²) in [5.41, 5.74) is 1.31. The fourth-order valence-corrected chi connectivity index (χ4v) is 6.88. The van der Waals surface area contributed by atoms with Gasteiger partial charge in [-0.1, -0.05) is 13.3 Å². The summed E-state index contributed by atoms with van der Waals surface area (Å²) < 4.78 is 48.0. The fraction of sp³-hybridized carbons (Fsp3) is 0.306. The first-order valence-corrected chi connectivity index (χ1v) is 14.8. The molecule has 232 valence electrons. The molecule has 0 fully saturated rings. The smallest absolute Gasteiger partial charge is 0.197 e. The minimum Gasteiger partial charge on any atom is -0.493 e.